The summed E-state index contributed by atoms with van der Waals surface area (Å²) < 4.78 is 0. The zero-order valence-corrected chi connectivity index (χ0v) is 13.4. The molecule has 6 heteroatoms. The Balaban J connectivity index is 1.70. The maximum Gasteiger partial charge on any atom is 0.119 e. The molecular weight excluding hydrogens is 316 g/mol. The number of aliphatic imine (C=N–C) groups is 1. The predicted molar refractivity (Wildman–Crippen MR) is 92.4 cm³/mol. The molecule has 0 radical (unpaired) electrons. The number of phenols is 2. The van der Waals surface area contributed by atoms with Gasteiger partial charge in [0.1, 0.15) is 17.2 Å². The van der Waals surface area contributed by atoms with Gasteiger partial charge >= 0.3 is 0 Å². The zero-order valence-electron chi connectivity index (χ0n) is 13.4. The molecule has 3 heterocycles. The highest BCUT2D eigenvalue weighted by atomic mass is 16.3. The number of aryl methyl sites for hydroxylation is 2. The summed E-state index contributed by atoms with van der Waals surface area (Å²) in [6.45, 7) is 0.481. The first-order chi connectivity index (χ1) is 12.2. The minimum absolute atomic E-state index is 0.127. The van der Waals surface area contributed by atoms with Crippen molar-refractivity contribution >= 4 is 5.71 Å². The van der Waals surface area contributed by atoms with Crippen LogP contribution in [-0.4, -0.2) is 37.7 Å². The van der Waals surface area contributed by atoms with Crippen molar-refractivity contribution in [3.63, 3.8) is 0 Å². The van der Waals surface area contributed by atoms with Gasteiger partial charge in [0.2, 0.25) is 0 Å². The molecule has 0 saturated heterocycles. The van der Waals surface area contributed by atoms with E-state index >= 15 is 0 Å². The predicted octanol–water partition coefficient (Wildman–Crippen LogP) is 2.30. The Kier molecular flexibility index (Phi) is 2.94. The van der Waals surface area contributed by atoms with Gasteiger partial charge in [-0.15, -0.1) is 5.10 Å². The second-order valence-electron chi connectivity index (χ2n) is 6.49. The number of aromatic nitrogens is 3. The van der Waals surface area contributed by atoms with Crippen LogP contribution >= 0.6 is 0 Å². The van der Waals surface area contributed by atoms with Crippen LogP contribution in [0.3, 0.4) is 0 Å². The first-order valence-corrected chi connectivity index (χ1v) is 8.30. The highest BCUT2D eigenvalue weighted by Gasteiger charge is 2.33. The van der Waals surface area contributed by atoms with Crippen LogP contribution in [0.1, 0.15) is 39.6 Å². The number of rotatable bonds is 1. The first-order valence-electron chi connectivity index (χ1n) is 8.30. The lowest BCUT2D eigenvalue weighted by molar-refractivity contribution is 0.451. The molecule has 2 aromatic heterocycles. The van der Waals surface area contributed by atoms with Crippen LogP contribution in [0.25, 0.3) is 0 Å². The van der Waals surface area contributed by atoms with Gasteiger partial charge in [0.25, 0.3) is 0 Å². The Morgan fingerprint density at radius 1 is 1.08 bits per heavy atom. The van der Waals surface area contributed by atoms with Gasteiger partial charge in [0.15, 0.2) is 0 Å². The lowest BCUT2D eigenvalue weighted by atomic mass is 9.87. The summed E-state index contributed by atoms with van der Waals surface area (Å²) in [4.78, 5) is 8.18. The fourth-order valence-electron chi connectivity index (χ4n) is 3.88. The molecule has 1 atom stereocenters. The Labute approximate surface area is 143 Å². The second-order valence-corrected chi connectivity index (χ2v) is 6.49. The van der Waals surface area contributed by atoms with Crippen LogP contribution in [0.4, 0.5) is 0 Å². The standard InChI is InChI=1S/C19H16N4O2/c24-12-3-4-15(25)13(7-12)14-9-21-19-16-11(8-20-18(14)16)2-1-10-5-6-22-23-17(10)19/h3-8,14,20,24-25H,1-2,9H2. The van der Waals surface area contributed by atoms with E-state index in [9.17, 15) is 10.2 Å². The monoisotopic (exact) mass is 332 g/mol. The van der Waals surface area contributed by atoms with Crippen LogP contribution < -0.4 is 0 Å². The summed E-state index contributed by atoms with van der Waals surface area (Å²) in [5.41, 5.74) is 6.85. The van der Waals surface area contributed by atoms with Gasteiger partial charge in [-0.1, -0.05) is 0 Å². The number of hydrogen-bond acceptors (Lipinski definition) is 5. The lowest BCUT2D eigenvalue weighted by Crippen LogP contribution is -2.21. The molecule has 124 valence electrons. The molecule has 1 unspecified atom stereocenters. The fourth-order valence-corrected chi connectivity index (χ4v) is 3.88. The smallest absolute Gasteiger partial charge is 0.119 e. The average molecular weight is 332 g/mol. The summed E-state index contributed by atoms with van der Waals surface area (Å²) in [5, 5.41) is 28.5. The van der Waals surface area contributed by atoms with Crippen LogP contribution in [0.2, 0.25) is 0 Å². The fraction of sp³-hybridized carbons (Fsp3) is 0.211. The van der Waals surface area contributed by atoms with E-state index < -0.39 is 0 Å². The number of hydrogen-bond donors (Lipinski definition) is 3. The minimum atomic E-state index is -0.127. The molecule has 0 bridgehead atoms. The normalized spacial score (nSPS) is 18.1. The van der Waals surface area contributed by atoms with E-state index in [1.807, 2.05) is 12.3 Å². The van der Waals surface area contributed by atoms with Crippen molar-refractivity contribution < 1.29 is 10.2 Å². The summed E-state index contributed by atoms with van der Waals surface area (Å²) in [6.07, 6.45) is 5.55. The molecule has 3 aromatic rings. The maximum atomic E-state index is 10.3. The van der Waals surface area contributed by atoms with Crippen LogP contribution in [0, 0.1) is 0 Å². The lowest BCUT2D eigenvalue weighted by Gasteiger charge is -2.23. The van der Waals surface area contributed by atoms with E-state index in [1.165, 1.54) is 17.7 Å². The Morgan fingerprint density at radius 3 is 2.88 bits per heavy atom. The van der Waals surface area contributed by atoms with Crippen molar-refractivity contribution in [2.75, 3.05) is 6.54 Å². The topological polar surface area (TPSA) is 94.4 Å². The molecular formula is C19H16N4O2. The Bertz CT molecular complexity index is 1020. The van der Waals surface area contributed by atoms with Crippen molar-refractivity contribution in [2.24, 2.45) is 4.99 Å². The number of aromatic amines is 1. The van der Waals surface area contributed by atoms with Gasteiger partial charge < -0.3 is 15.2 Å². The number of nitrogens with one attached hydrogen (secondary N) is 1. The largest absolute Gasteiger partial charge is 0.508 e. The number of H-pyrrole nitrogens is 1. The molecule has 0 fully saturated rings. The molecule has 0 saturated carbocycles. The third-order valence-electron chi connectivity index (χ3n) is 5.09. The van der Waals surface area contributed by atoms with E-state index in [2.05, 4.69) is 15.2 Å². The maximum absolute atomic E-state index is 10.3. The summed E-state index contributed by atoms with van der Waals surface area (Å²) in [7, 11) is 0. The van der Waals surface area contributed by atoms with Crippen LogP contribution in [-0.2, 0) is 12.8 Å². The van der Waals surface area contributed by atoms with Crippen molar-refractivity contribution in [1.82, 2.24) is 15.2 Å². The van der Waals surface area contributed by atoms with Crippen molar-refractivity contribution in [3.8, 4) is 11.5 Å². The SMILES string of the molecule is Oc1ccc(O)c(C2CN=C3c4nnccc4CCc4c[nH]c2c43)c1. The van der Waals surface area contributed by atoms with Gasteiger partial charge in [0.05, 0.1) is 12.3 Å². The highest BCUT2D eigenvalue weighted by Crippen LogP contribution is 2.40. The van der Waals surface area contributed by atoms with Gasteiger partial charge in [-0.3, -0.25) is 4.99 Å². The minimum Gasteiger partial charge on any atom is -0.508 e. The molecule has 1 aromatic carbocycles. The van der Waals surface area contributed by atoms with Crippen LogP contribution in [0.15, 0.2) is 41.7 Å². The van der Waals surface area contributed by atoms with Gasteiger partial charge in [-0.05, 0) is 48.2 Å². The second kappa shape index (κ2) is 5.17. The summed E-state index contributed by atoms with van der Waals surface area (Å²) in [6, 6.07) is 6.62. The van der Waals surface area contributed by atoms with Crippen molar-refractivity contribution in [2.45, 2.75) is 18.8 Å². The number of benzene rings is 1. The first kappa shape index (κ1) is 14.2. The number of aromatic hydroxyl groups is 2. The van der Waals surface area contributed by atoms with Crippen LogP contribution in [0.5, 0.6) is 11.5 Å². The van der Waals surface area contributed by atoms with Gasteiger partial charge in [0, 0.05) is 35.1 Å². The molecule has 1 aliphatic heterocycles. The van der Waals surface area contributed by atoms with E-state index in [0.29, 0.717) is 12.1 Å². The Hall–Kier alpha value is -3.15. The summed E-state index contributed by atoms with van der Waals surface area (Å²) in [5.74, 6) is 0.174. The summed E-state index contributed by atoms with van der Waals surface area (Å²) >= 11 is 0. The quantitative estimate of drug-likeness (QED) is 0.596. The molecule has 3 N–H and O–H groups in total. The van der Waals surface area contributed by atoms with E-state index in [-0.39, 0.29) is 17.4 Å². The van der Waals surface area contributed by atoms with E-state index in [0.717, 1.165) is 41.1 Å². The van der Waals surface area contributed by atoms with Crippen molar-refractivity contribution in [1.29, 1.82) is 0 Å². The molecule has 6 nitrogen and oxygen atoms in total. The highest BCUT2D eigenvalue weighted by molar-refractivity contribution is 6.15. The zero-order chi connectivity index (χ0) is 17.0. The molecule has 25 heavy (non-hydrogen) atoms. The van der Waals surface area contributed by atoms with E-state index in [1.54, 1.807) is 12.3 Å². The van der Waals surface area contributed by atoms with Gasteiger partial charge in [-0.2, -0.15) is 5.10 Å². The van der Waals surface area contributed by atoms with Gasteiger partial charge in [-0.25, -0.2) is 0 Å². The molecule has 0 spiro atoms. The average Bonchev–Trinajstić information content (AvgIpc) is 2.98. The van der Waals surface area contributed by atoms with E-state index in [4.69, 9.17) is 4.99 Å². The number of phenolic OH excluding ortho intramolecular Hbond substituents is 2. The molecule has 1 aliphatic carbocycles. The van der Waals surface area contributed by atoms with Crippen molar-refractivity contribution in [3.05, 3.63) is 70.3 Å². The number of nitrogens with zero attached hydrogens (tertiary/aromatic N) is 3. The third-order valence-corrected chi connectivity index (χ3v) is 5.09. The molecule has 2 aliphatic rings. The third kappa shape index (κ3) is 2.07. The Morgan fingerprint density at radius 2 is 1.96 bits per heavy atom. The molecule has 5 rings (SSSR count). The number of fused-ring (bicyclic) bond motifs is 2. The molecule has 0 amide bonds.